The van der Waals surface area contributed by atoms with Crippen LogP contribution < -0.4 is 0 Å². The smallest absolute Gasteiger partial charge is 0.311 e. The SMILES string of the molecule is CC(=O)O[C@@H]1[C@@H](OC(C)=O)[C@H](C)O[C@@H](O[C@H]2[C@@H](OC(=N)C(Cl)(Cl)Cl)O[C@H](COC(=O)C(C)(C)C)[C@@H](O[C@@H]3O[C@@H](C)[C@H](OC(C)=O)[C@@H](OC(C)=O)[C@H]3OC(C)=O)[C@@H]2OC(=O)C(C)(C)C)[C@@H]1OC(C)=O. The molecule has 15 atom stereocenters. The van der Waals surface area contributed by atoms with Gasteiger partial charge in [0.05, 0.1) is 23.0 Å². The number of ether oxygens (including phenoxy) is 14. The summed E-state index contributed by atoms with van der Waals surface area (Å²) in [4.78, 5) is 103. The van der Waals surface area contributed by atoms with Crippen LogP contribution in [0.5, 0.6) is 0 Å². The van der Waals surface area contributed by atoms with Crippen molar-refractivity contribution in [3.05, 3.63) is 0 Å². The molecule has 0 bridgehead atoms. The third-order valence-corrected chi connectivity index (χ3v) is 10.3. The van der Waals surface area contributed by atoms with Gasteiger partial charge in [-0.05, 0) is 55.4 Å². The minimum atomic E-state index is -2.59. The minimum Gasteiger partial charge on any atom is -0.462 e. The minimum absolute atomic E-state index is 0.756. The van der Waals surface area contributed by atoms with Gasteiger partial charge in [0, 0.05) is 41.5 Å². The lowest BCUT2D eigenvalue weighted by Crippen LogP contribution is -2.68. The Morgan fingerprint density at radius 3 is 1.13 bits per heavy atom. The van der Waals surface area contributed by atoms with Gasteiger partial charge >= 0.3 is 47.8 Å². The highest BCUT2D eigenvalue weighted by atomic mass is 35.6. The maximum Gasteiger partial charge on any atom is 0.311 e. The second-order valence-electron chi connectivity index (χ2n) is 18.0. The number of rotatable bonds is 14. The van der Waals surface area contributed by atoms with Crippen molar-refractivity contribution in [3.63, 3.8) is 0 Å². The van der Waals surface area contributed by atoms with Crippen LogP contribution in [0, 0.1) is 16.2 Å². The molecule has 1 N–H and O–H groups in total. The molecule has 3 aliphatic rings. The van der Waals surface area contributed by atoms with Crippen molar-refractivity contribution < 1.29 is 105 Å². The van der Waals surface area contributed by atoms with Crippen LogP contribution in [0.3, 0.4) is 0 Å². The van der Waals surface area contributed by atoms with Crippen LogP contribution in [0.15, 0.2) is 0 Å². The van der Waals surface area contributed by atoms with Gasteiger partial charge in [-0.15, -0.1) is 0 Å². The summed E-state index contributed by atoms with van der Waals surface area (Å²) < 4.78 is 79.9. The van der Waals surface area contributed by atoms with Crippen molar-refractivity contribution in [1.29, 1.82) is 5.41 Å². The predicted molar refractivity (Wildman–Crippen MR) is 229 cm³/mol. The zero-order chi connectivity index (χ0) is 52.0. The first kappa shape index (κ1) is 58.2. The fourth-order valence-electron chi connectivity index (χ4n) is 6.88. The number of nitrogens with one attached hydrogen (secondary N) is 1. The zero-order valence-corrected chi connectivity index (χ0v) is 42.3. The lowest BCUT2D eigenvalue weighted by Gasteiger charge is -2.50. The molecule has 0 unspecified atom stereocenters. The Labute approximate surface area is 407 Å². The largest absolute Gasteiger partial charge is 0.462 e. The molecular formula is C42H60Cl3NO22. The number of carbonyl (C=O) groups excluding carboxylic acids is 8. The molecule has 3 fully saturated rings. The Balaban J connectivity index is 2.42. The third-order valence-electron chi connectivity index (χ3n) is 9.78. The first-order valence-electron chi connectivity index (χ1n) is 21.1. The van der Waals surface area contributed by atoms with E-state index in [4.69, 9.17) is 107 Å². The fourth-order valence-corrected chi connectivity index (χ4v) is 7.01. The zero-order valence-electron chi connectivity index (χ0n) is 40.0. The van der Waals surface area contributed by atoms with Crippen molar-refractivity contribution in [2.24, 2.45) is 10.8 Å². The molecule has 26 heteroatoms. The van der Waals surface area contributed by atoms with Crippen LogP contribution in [0.25, 0.3) is 0 Å². The van der Waals surface area contributed by atoms with Crippen LogP contribution in [-0.2, 0) is 105 Å². The molecule has 0 saturated carbocycles. The number of hydrogen-bond donors (Lipinski definition) is 1. The van der Waals surface area contributed by atoms with E-state index in [1.807, 2.05) is 0 Å². The number of alkyl halides is 3. The Morgan fingerprint density at radius 1 is 0.441 bits per heavy atom. The molecule has 0 aromatic carbocycles. The Bertz CT molecular complexity index is 1880. The molecule has 0 aromatic rings. The number of esters is 8. The highest BCUT2D eigenvalue weighted by Crippen LogP contribution is 2.40. The molecule has 3 rings (SSSR count). The summed E-state index contributed by atoms with van der Waals surface area (Å²) >= 11 is 18.2. The Morgan fingerprint density at radius 2 is 0.779 bits per heavy atom. The molecule has 68 heavy (non-hydrogen) atoms. The van der Waals surface area contributed by atoms with Gasteiger partial charge in [-0.25, -0.2) is 0 Å². The fraction of sp³-hybridized carbons (Fsp3) is 0.786. The van der Waals surface area contributed by atoms with E-state index in [1.54, 1.807) is 20.8 Å². The van der Waals surface area contributed by atoms with Crippen LogP contribution in [-0.4, -0.2) is 156 Å². The highest BCUT2D eigenvalue weighted by molar-refractivity contribution is 6.76. The van der Waals surface area contributed by atoms with E-state index in [0.717, 1.165) is 41.5 Å². The molecule has 0 radical (unpaired) electrons. The van der Waals surface area contributed by atoms with Crippen molar-refractivity contribution in [3.8, 4) is 0 Å². The number of hydrogen-bond acceptors (Lipinski definition) is 23. The molecular weight excluding hydrogens is 977 g/mol. The molecule has 0 amide bonds. The quantitative estimate of drug-likeness (QED) is 0.0856. The molecule has 0 spiro atoms. The van der Waals surface area contributed by atoms with Gasteiger partial charge in [-0.3, -0.25) is 43.8 Å². The summed E-state index contributed by atoms with van der Waals surface area (Å²) in [5.41, 5.74) is -2.44. The van der Waals surface area contributed by atoms with Crippen molar-refractivity contribution >= 4 is 88.5 Å². The second-order valence-corrected chi connectivity index (χ2v) is 20.3. The van der Waals surface area contributed by atoms with Crippen molar-refractivity contribution in [2.45, 2.75) is 193 Å². The van der Waals surface area contributed by atoms with Gasteiger partial charge in [-0.1, -0.05) is 34.8 Å². The van der Waals surface area contributed by atoms with E-state index in [2.05, 4.69) is 0 Å². The molecule has 0 aromatic heterocycles. The molecule has 3 aliphatic heterocycles. The summed E-state index contributed by atoms with van der Waals surface area (Å²) in [7, 11) is 0. The summed E-state index contributed by atoms with van der Waals surface area (Å²) in [6, 6.07) is 0. The van der Waals surface area contributed by atoms with Gasteiger partial charge in [0.25, 0.3) is 3.79 Å². The first-order valence-corrected chi connectivity index (χ1v) is 22.3. The average Bonchev–Trinajstić information content (AvgIpc) is 3.16. The van der Waals surface area contributed by atoms with Gasteiger partial charge in [0.15, 0.2) is 61.4 Å². The maximum absolute atomic E-state index is 14.1. The van der Waals surface area contributed by atoms with E-state index in [1.165, 1.54) is 34.6 Å². The highest BCUT2D eigenvalue weighted by Gasteiger charge is 2.60. The van der Waals surface area contributed by atoms with Crippen molar-refractivity contribution in [1.82, 2.24) is 0 Å². The van der Waals surface area contributed by atoms with Crippen molar-refractivity contribution in [2.75, 3.05) is 6.61 Å². The summed E-state index contributed by atoms with van der Waals surface area (Å²) in [5.74, 6) is -8.24. The van der Waals surface area contributed by atoms with E-state index in [0.29, 0.717) is 0 Å². The summed E-state index contributed by atoms with van der Waals surface area (Å²) in [6.07, 6.45) is -25.3. The van der Waals surface area contributed by atoms with Crippen LogP contribution in [0.1, 0.15) is 96.9 Å². The van der Waals surface area contributed by atoms with Gasteiger partial charge < -0.3 is 66.3 Å². The molecule has 23 nitrogen and oxygen atoms in total. The lowest BCUT2D eigenvalue weighted by atomic mass is 9.94. The molecule has 3 saturated heterocycles. The monoisotopic (exact) mass is 1040 g/mol. The predicted octanol–water partition coefficient (Wildman–Crippen LogP) is 3.47. The van der Waals surface area contributed by atoms with Crippen LogP contribution >= 0.6 is 34.8 Å². The van der Waals surface area contributed by atoms with Gasteiger partial charge in [-0.2, -0.15) is 0 Å². The summed E-state index contributed by atoms with van der Waals surface area (Å²) in [6.45, 7) is 17.4. The Kier molecular flexibility index (Phi) is 20.3. The Hall–Kier alpha value is -4.10. The second kappa shape index (κ2) is 23.7. The molecule has 3 heterocycles. The van der Waals surface area contributed by atoms with Gasteiger partial charge in [0.2, 0.25) is 12.2 Å². The van der Waals surface area contributed by atoms with Crippen LogP contribution in [0.2, 0.25) is 0 Å². The van der Waals surface area contributed by atoms with E-state index >= 15 is 0 Å². The maximum atomic E-state index is 14.1. The van der Waals surface area contributed by atoms with E-state index in [9.17, 15) is 38.4 Å². The number of halogens is 3. The normalized spacial score (nSPS) is 32.0. The topological polar surface area (TPSA) is 290 Å². The lowest BCUT2D eigenvalue weighted by molar-refractivity contribution is -0.379. The average molecular weight is 1040 g/mol. The molecule has 0 aliphatic carbocycles. The molecule has 386 valence electrons. The van der Waals surface area contributed by atoms with E-state index in [-0.39, 0.29) is 0 Å². The number of carbonyl (C=O) groups is 8. The van der Waals surface area contributed by atoms with Crippen LogP contribution in [0.4, 0.5) is 0 Å². The van der Waals surface area contributed by atoms with E-state index < -0.39 is 167 Å². The standard InChI is InChI=1S/C42H60Cl3NO22/c1-16-25(58-18(3)47)28(60-20(5)49)31(62-22(7)51)34(56-16)65-27-24(15-55-38(53)40(9,10)11)64-36(68-37(46)42(43,44)45)33(30(27)67-39(54)41(12,13)14)66-35-32(63-23(8)52)29(61-21(6)50)26(17(2)57-35)59-19(4)48/h16-17,24-36,46H,15H2,1-14H3/t16-,17-,24+,25-,26-,27+,28+,29+,30-,31+,32+,33+,34-,35-,36+/m0/s1. The summed E-state index contributed by atoms with van der Waals surface area (Å²) in [5, 5.41) is 8.56. The van der Waals surface area contributed by atoms with Gasteiger partial charge in [0.1, 0.15) is 18.8 Å². The first-order chi connectivity index (χ1) is 31.1. The third kappa shape index (κ3) is 16.2.